The summed E-state index contributed by atoms with van der Waals surface area (Å²) in [6.45, 7) is 2.21. The number of nitrogens with two attached hydrogens (primary N) is 1. The van der Waals surface area contributed by atoms with Gasteiger partial charge in [-0.2, -0.15) is 0 Å². The first-order chi connectivity index (χ1) is 7.15. The van der Waals surface area contributed by atoms with Crippen LogP contribution < -0.4 is 5.73 Å². The zero-order chi connectivity index (χ0) is 11.3. The van der Waals surface area contributed by atoms with E-state index in [1.165, 1.54) is 24.8 Å². The van der Waals surface area contributed by atoms with E-state index < -0.39 is 0 Å². The van der Waals surface area contributed by atoms with E-state index in [0.29, 0.717) is 0 Å². The zero-order valence-corrected chi connectivity index (χ0v) is 12.1. The number of hydrogen-bond acceptors (Lipinski definition) is 1. The highest BCUT2D eigenvalue weighted by atomic mass is 79.9. The van der Waals surface area contributed by atoms with Crippen LogP contribution in [-0.2, 0) is 0 Å². The zero-order valence-electron chi connectivity index (χ0n) is 8.97. The van der Waals surface area contributed by atoms with E-state index >= 15 is 0 Å². The van der Waals surface area contributed by atoms with Crippen LogP contribution >= 0.6 is 31.9 Å². The highest BCUT2D eigenvalue weighted by Crippen LogP contribution is 2.28. The molecule has 1 aromatic rings. The minimum absolute atomic E-state index is 0.152. The molecular weight excluding hydrogens is 318 g/mol. The lowest BCUT2D eigenvalue weighted by Crippen LogP contribution is -2.10. The Morgan fingerprint density at radius 2 is 2.00 bits per heavy atom. The van der Waals surface area contributed by atoms with Gasteiger partial charge in [0.15, 0.2) is 0 Å². The number of hydrogen-bond donors (Lipinski definition) is 1. The van der Waals surface area contributed by atoms with E-state index in [1.807, 2.05) is 6.07 Å². The predicted octanol–water partition coefficient (Wildman–Crippen LogP) is 4.79. The summed E-state index contributed by atoms with van der Waals surface area (Å²) in [5.41, 5.74) is 7.34. The minimum atomic E-state index is 0.152. The van der Waals surface area contributed by atoms with E-state index in [2.05, 4.69) is 50.9 Å². The molecule has 1 nitrogen and oxygen atoms in total. The van der Waals surface area contributed by atoms with Crippen LogP contribution in [0.4, 0.5) is 0 Å². The van der Waals surface area contributed by atoms with Gasteiger partial charge in [0.1, 0.15) is 0 Å². The monoisotopic (exact) mass is 333 g/mol. The van der Waals surface area contributed by atoms with E-state index in [0.717, 1.165) is 15.4 Å². The van der Waals surface area contributed by atoms with Gasteiger partial charge in [0.25, 0.3) is 0 Å². The Bertz CT molecular complexity index is 312. The fourth-order valence-electron chi connectivity index (χ4n) is 1.57. The van der Waals surface area contributed by atoms with Crippen molar-refractivity contribution in [2.24, 2.45) is 5.73 Å². The van der Waals surface area contributed by atoms with Crippen molar-refractivity contribution in [2.45, 2.75) is 38.6 Å². The maximum absolute atomic E-state index is 6.14. The molecule has 1 unspecified atom stereocenters. The largest absolute Gasteiger partial charge is 0.324 e. The maximum Gasteiger partial charge on any atom is 0.0306 e. The number of unbranched alkanes of at least 4 members (excludes halogenated alkanes) is 2. The van der Waals surface area contributed by atoms with Crippen molar-refractivity contribution < 1.29 is 0 Å². The van der Waals surface area contributed by atoms with Crippen molar-refractivity contribution in [3.63, 3.8) is 0 Å². The lowest BCUT2D eigenvalue weighted by Gasteiger charge is -2.13. The first-order valence-corrected chi connectivity index (χ1v) is 6.94. The van der Waals surface area contributed by atoms with Gasteiger partial charge in [0, 0.05) is 15.0 Å². The van der Waals surface area contributed by atoms with Gasteiger partial charge in [-0.15, -0.1) is 0 Å². The smallest absolute Gasteiger partial charge is 0.0306 e. The molecule has 0 spiro atoms. The standard InChI is InChI=1S/C12H17Br2N/c1-2-3-4-5-12(15)10-7-6-9(13)8-11(10)14/h6-8,12H,2-5,15H2,1H3. The van der Waals surface area contributed by atoms with E-state index in [9.17, 15) is 0 Å². The third kappa shape index (κ3) is 4.25. The molecule has 0 aliphatic heterocycles. The molecule has 0 aliphatic rings. The van der Waals surface area contributed by atoms with Gasteiger partial charge in [0.05, 0.1) is 0 Å². The Labute approximate surface area is 109 Å². The molecule has 0 amide bonds. The van der Waals surface area contributed by atoms with Crippen LogP contribution in [0.15, 0.2) is 27.1 Å². The second-order valence-corrected chi connectivity index (χ2v) is 5.54. The molecule has 0 radical (unpaired) electrons. The van der Waals surface area contributed by atoms with Crippen molar-refractivity contribution in [2.75, 3.05) is 0 Å². The van der Waals surface area contributed by atoms with Crippen molar-refractivity contribution in [1.29, 1.82) is 0 Å². The van der Waals surface area contributed by atoms with Gasteiger partial charge in [-0.1, -0.05) is 64.1 Å². The van der Waals surface area contributed by atoms with Crippen LogP contribution in [0.5, 0.6) is 0 Å². The lowest BCUT2D eigenvalue weighted by molar-refractivity contribution is 0.580. The Hall–Kier alpha value is 0.140. The van der Waals surface area contributed by atoms with Crippen molar-refractivity contribution >= 4 is 31.9 Å². The Morgan fingerprint density at radius 1 is 1.27 bits per heavy atom. The number of rotatable bonds is 5. The predicted molar refractivity (Wildman–Crippen MR) is 72.9 cm³/mol. The van der Waals surface area contributed by atoms with Crippen LogP contribution in [0, 0.1) is 0 Å². The first kappa shape index (κ1) is 13.2. The summed E-state index contributed by atoms with van der Waals surface area (Å²) in [6.07, 6.45) is 4.78. The molecule has 1 aromatic carbocycles. The molecule has 0 fully saturated rings. The third-order valence-corrected chi connectivity index (χ3v) is 3.66. The van der Waals surface area contributed by atoms with E-state index in [1.54, 1.807) is 0 Å². The third-order valence-electron chi connectivity index (χ3n) is 2.48. The van der Waals surface area contributed by atoms with Crippen molar-refractivity contribution in [3.8, 4) is 0 Å². The summed E-state index contributed by atoms with van der Waals surface area (Å²) in [4.78, 5) is 0. The summed E-state index contributed by atoms with van der Waals surface area (Å²) in [5.74, 6) is 0. The Kier molecular flexibility index (Phi) is 5.87. The summed E-state index contributed by atoms with van der Waals surface area (Å²) >= 11 is 6.99. The molecule has 0 saturated carbocycles. The molecule has 1 rings (SSSR count). The van der Waals surface area contributed by atoms with Crippen molar-refractivity contribution in [3.05, 3.63) is 32.7 Å². The van der Waals surface area contributed by atoms with Crippen LogP contribution in [0.3, 0.4) is 0 Å². The molecule has 1 atom stereocenters. The second kappa shape index (κ2) is 6.66. The van der Waals surface area contributed by atoms with Gasteiger partial charge in [-0.05, 0) is 24.1 Å². The molecule has 0 saturated heterocycles. The molecule has 0 heterocycles. The van der Waals surface area contributed by atoms with Gasteiger partial charge in [-0.25, -0.2) is 0 Å². The second-order valence-electron chi connectivity index (χ2n) is 3.77. The molecule has 84 valence electrons. The Balaban J connectivity index is 2.61. The maximum atomic E-state index is 6.14. The average molecular weight is 335 g/mol. The summed E-state index contributed by atoms with van der Waals surface area (Å²) in [7, 11) is 0. The molecule has 0 aliphatic carbocycles. The lowest BCUT2D eigenvalue weighted by atomic mass is 10.0. The number of benzene rings is 1. The number of halogens is 2. The highest BCUT2D eigenvalue weighted by molar-refractivity contribution is 9.11. The van der Waals surface area contributed by atoms with Crippen LogP contribution in [0.1, 0.15) is 44.2 Å². The quantitative estimate of drug-likeness (QED) is 0.769. The highest BCUT2D eigenvalue weighted by Gasteiger charge is 2.09. The molecule has 15 heavy (non-hydrogen) atoms. The topological polar surface area (TPSA) is 26.0 Å². The fraction of sp³-hybridized carbons (Fsp3) is 0.500. The first-order valence-electron chi connectivity index (χ1n) is 5.35. The van der Waals surface area contributed by atoms with Gasteiger partial charge in [-0.3, -0.25) is 0 Å². The van der Waals surface area contributed by atoms with Gasteiger partial charge < -0.3 is 5.73 Å². The minimum Gasteiger partial charge on any atom is -0.324 e. The van der Waals surface area contributed by atoms with E-state index in [-0.39, 0.29) is 6.04 Å². The van der Waals surface area contributed by atoms with Crippen LogP contribution in [0.25, 0.3) is 0 Å². The van der Waals surface area contributed by atoms with Crippen molar-refractivity contribution in [1.82, 2.24) is 0 Å². The molecule has 0 bridgehead atoms. The SMILES string of the molecule is CCCCCC(N)c1ccc(Br)cc1Br. The van der Waals surface area contributed by atoms with Crippen LogP contribution in [0.2, 0.25) is 0 Å². The summed E-state index contributed by atoms with van der Waals surface area (Å²) in [6, 6.07) is 6.33. The Morgan fingerprint density at radius 3 is 2.60 bits per heavy atom. The molecule has 0 aromatic heterocycles. The molecular formula is C12H17Br2N. The molecule has 2 N–H and O–H groups in total. The molecule has 3 heteroatoms. The average Bonchev–Trinajstić information content (AvgIpc) is 2.17. The fourth-order valence-corrected chi connectivity index (χ4v) is 2.91. The summed E-state index contributed by atoms with van der Waals surface area (Å²) in [5, 5.41) is 0. The van der Waals surface area contributed by atoms with Gasteiger partial charge in [0.2, 0.25) is 0 Å². The summed E-state index contributed by atoms with van der Waals surface area (Å²) < 4.78 is 2.18. The van der Waals surface area contributed by atoms with E-state index in [4.69, 9.17) is 5.73 Å². The van der Waals surface area contributed by atoms with Gasteiger partial charge >= 0.3 is 0 Å². The normalized spacial score (nSPS) is 12.8. The van der Waals surface area contributed by atoms with Crippen LogP contribution in [-0.4, -0.2) is 0 Å².